The van der Waals surface area contributed by atoms with Crippen LogP contribution < -0.4 is 5.32 Å². The highest BCUT2D eigenvalue weighted by molar-refractivity contribution is 6.30. The monoisotopic (exact) mass is 496 g/mol. The molecule has 3 aliphatic heterocycles. The summed E-state index contributed by atoms with van der Waals surface area (Å²) in [5.41, 5.74) is 0.174. The second kappa shape index (κ2) is 9.95. The number of ether oxygens (including phenoxy) is 1. The third-order valence-electron chi connectivity index (χ3n) is 7.32. The first-order chi connectivity index (χ1) is 17.0. The van der Waals surface area contributed by atoms with Gasteiger partial charge in [-0.1, -0.05) is 29.8 Å². The van der Waals surface area contributed by atoms with Gasteiger partial charge in [-0.15, -0.1) is 0 Å². The van der Waals surface area contributed by atoms with Gasteiger partial charge in [0.25, 0.3) is 5.91 Å². The van der Waals surface area contributed by atoms with Crippen molar-refractivity contribution in [3.63, 3.8) is 0 Å². The van der Waals surface area contributed by atoms with E-state index in [2.05, 4.69) is 10.3 Å². The Hall–Kier alpha value is -2.97. The van der Waals surface area contributed by atoms with E-state index in [4.69, 9.17) is 16.3 Å². The highest BCUT2D eigenvalue weighted by Gasteiger charge is 2.58. The number of aromatic nitrogens is 1. The number of hydrogen-bond donors (Lipinski definition) is 1. The third kappa shape index (κ3) is 4.65. The molecule has 9 heteroatoms. The number of benzene rings is 1. The van der Waals surface area contributed by atoms with E-state index in [1.165, 1.54) is 4.90 Å². The molecule has 3 saturated heterocycles. The number of halogens is 1. The molecule has 2 aromatic rings. The summed E-state index contributed by atoms with van der Waals surface area (Å²) in [4.78, 5) is 47.5. The van der Waals surface area contributed by atoms with Crippen LogP contribution in [0.25, 0.3) is 0 Å². The molecule has 35 heavy (non-hydrogen) atoms. The maximum absolute atomic E-state index is 13.9. The summed E-state index contributed by atoms with van der Waals surface area (Å²) in [5.74, 6) is -0.432. The highest BCUT2D eigenvalue weighted by Crippen LogP contribution is 2.41. The number of likely N-dealkylation sites (tertiary alicyclic amines) is 1. The Bertz CT molecular complexity index is 1100. The van der Waals surface area contributed by atoms with Crippen molar-refractivity contribution in [1.82, 2.24) is 20.1 Å². The molecule has 5 rings (SSSR count). The molecule has 1 aromatic heterocycles. The van der Waals surface area contributed by atoms with Gasteiger partial charge in [-0.2, -0.15) is 0 Å². The first-order valence-corrected chi connectivity index (χ1v) is 12.5. The summed E-state index contributed by atoms with van der Waals surface area (Å²) in [6.07, 6.45) is 4.72. The van der Waals surface area contributed by atoms with Crippen LogP contribution in [0.5, 0.6) is 0 Å². The fraction of sp³-hybridized carbons (Fsp3) is 0.462. The van der Waals surface area contributed by atoms with Crippen molar-refractivity contribution >= 4 is 29.4 Å². The maximum atomic E-state index is 13.9. The zero-order chi connectivity index (χ0) is 24.4. The minimum atomic E-state index is -1.24. The number of amides is 4. The fourth-order valence-corrected chi connectivity index (χ4v) is 5.72. The molecule has 1 aromatic carbocycles. The lowest BCUT2D eigenvalue weighted by atomic mass is 9.75. The number of nitrogens with zero attached hydrogens (tertiary/aromatic N) is 3. The van der Waals surface area contributed by atoms with Crippen molar-refractivity contribution in [1.29, 1.82) is 0 Å². The Morgan fingerprint density at radius 1 is 1.14 bits per heavy atom. The predicted molar refractivity (Wildman–Crippen MR) is 130 cm³/mol. The average molecular weight is 497 g/mol. The van der Waals surface area contributed by atoms with E-state index in [0.717, 1.165) is 18.4 Å². The van der Waals surface area contributed by atoms with E-state index in [1.807, 2.05) is 23.1 Å². The van der Waals surface area contributed by atoms with Gasteiger partial charge in [0.15, 0.2) is 5.54 Å². The molecular weight excluding hydrogens is 468 g/mol. The summed E-state index contributed by atoms with van der Waals surface area (Å²) in [6.45, 7) is 1.92. The molecule has 1 N–H and O–H groups in total. The molecule has 4 amide bonds. The molecule has 4 heterocycles. The van der Waals surface area contributed by atoms with Crippen LogP contribution >= 0.6 is 11.6 Å². The maximum Gasteiger partial charge on any atom is 0.325 e. The molecule has 0 aliphatic carbocycles. The van der Waals surface area contributed by atoms with Crippen molar-refractivity contribution in [2.75, 3.05) is 26.2 Å². The van der Waals surface area contributed by atoms with Gasteiger partial charge in [0.05, 0.1) is 24.8 Å². The fourth-order valence-electron chi connectivity index (χ4n) is 5.50. The van der Waals surface area contributed by atoms with Crippen LogP contribution in [0, 0.1) is 5.92 Å². The Morgan fingerprint density at radius 3 is 2.66 bits per heavy atom. The number of imide groups is 1. The molecule has 0 radical (unpaired) electrons. The van der Waals surface area contributed by atoms with Crippen LogP contribution in [0.15, 0.2) is 48.7 Å². The minimum absolute atomic E-state index is 0.0272. The normalized spacial score (nSPS) is 25.2. The number of pyridine rings is 1. The molecule has 184 valence electrons. The molecule has 0 saturated carbocycles. The van der Waals surface area contributed by atoms with Crippen LogP contribution in [-0.2, 0) is 26.3 Å². The van der Waals surface area contributed by atoms with Gasteiger partial charge in [-0.3, -0.25) is 19.5 Å². The SMILES string of the molecule is O=C(Cc1cccc(Cl)c1)N1CCC([C@]2(c3ccccn3)NC(=O)N(C[C@@H]3CCCO3)C2=O)CC1. The first kappa shape index (κ1) is 23.8. The number of carbonyl (C=O) groups is 3. The smallest absolute Gasteiger partial charge is 0.325 e. The lowest BCUT2D eigenvalue weighted by molar-refractivity contribution is -0.137. The summed E-state index contributed by atoms with van der Waals surface area (Å²) < 4.78 is 5.69. The largest absolute Gasteiger partial charge is 0.376 e. The van der Waals surface area contributed by atoms with Gasteiger partial charge < -0.3 is 15.0 Å². The molecule has 0 unspecified atom stereocenters. The third-order valence-corrected chi connectivity index (χ3v) is 7.55. The van der Waals surface area contributed by atoms with Gasteiger partial charge in [-0.05, 0) is 55.5 Å². The summed E-state index contributed by atoms with van der Waals surface area (Å²) in [6, 6.07) is 12.3. The quantitative estimate of drug-likeness (QED) is 0.620. The molecule has 2 atom stereocenters. The number of nitrogens with one attached hydrogen (secondary N) is 1. The molecule has 0 bridgehead atoms. The topological polar surface area (TPSA) is 91.8 Å². The zero-order valence-corrected chi connectivity index (χ0v) is 20.2. The van der Waals surface area contributed by atoms with Crippen LogP contribution in [0.2, 0.25) is 5.02 Å². The van der Waals surface area contributed by atoms with Crippen molar-refractivity contribution in [2.24, 2.45) is 5.92 Å². The van der Waals surface area contributed by atoms with E-state index in [1.54, 1.807) is 30.5 Å². The van der Waals surface area contributed by atoms with Crippen molar-refractivity contribution in [2.45, 2.75) is 43.7 Å². The molecule has 0 spiro atoms. The van der Waals surface area contributed by atoms with Gasteiger partial charge in [0, 0.05) is 36.8 Å². The first-order valence-electron chi connectivity index (χ1n) is 12.2. The lowest BCUT2D eigenvalue weighted by Crippen LogP contribution is -2.55. The van der Waals surface area contributed by atoms with E-state index in [0.29, 0.717) is 43.3 Å². The highest BCUT2D eigenvalue weighted by atomic mass is 35.5. The summed E-state index contributed by atoms with van der Waals surface area (Å²) in [5, 5.41) is 3.62. The van der Waals surface area contributed by atoms with Crippen LogP contribution in [0.1, 0.15) is 36.9 Å². The Labute approximate surface area is 209 Å². The summed E-state index contributed by atoms with van der Waals surface area (Å²) in [7, 11) is 0. The van der Waals surface area contributed by atoms with E-state index in [9.17, 15) is 14.4 Å². The average Bonchev–Trinajstić information content (AvgIpc) is 3.47. The molecule has 8 nitrogen and oxygen atoms in total. The van der Waals surface area contributed by atoms with Crippen LogP contribution in [-0.4, -0.2) is 65.0 Å². The van der Waals surface area contributed by atoms with Crippen molar-refractivity contribution in [3.05, 3.63) is 64.9 Å². The molecule has 3 fully saturated rings. The second-order valence-corrected chi connectivity index (χ2v) is 9.90. The van der Waals surface area contributed by atoms with Crippen molar-refractivity contribution < 1.29 is 19.1 Å². The standard InChI is InChI=1S/C26H29ClN4O4/c27-20-6-3-5-18(15-20)16-23(32)30-12-9-19(10-13-30)26(22-8-1-2-11-28-22)24(33)31(25(34)29-26)17-21-7-4-14-35-21/h1-3,5-6,8,11,15,19,21H,4,7,9-10,12-14,16-17H2,(H,29,34)/t21-,26+/m0/s1. The summed E-state index contributed by atoms with van der Waals surface area (Å²) >= 11 is 6.06. The Balaban J connectivity index is 1.33. The Kier molecular flexibility index (Phi) is 6.75. The van der Waals surface area contributed by atoms with Gasteiger partial charge >= 0.3 is 6.03 Å². The number of urea groups is 1. The predicted octanol–water partition coefficient (Wildman–Crippen LogP) is 3.14. The van der Waals surface area contributed by atoms with E-state index in [-0.39, 0.29) is 36.8 Å². The number of rotatable bonds is 6. The van der Waals surface area contributed by atoms with Gasteiger partial charge in [0.2, 0.25) is 5.91 Å². The van der Waals surface area contributed by atoms with Crippen molar-refractivity contribution in [3.8, 4) is 0 Å². The lowest BCUT2D eigenvalue weighted by Gasteiger charge is -2.40. The number of hydrogen-bond acceptors (Lipinski definition) is 5. The molecular formula is C26H29ClN4O4. The van der Waals surface area contributed by atoms with Gasteiger partial charge in [0.1, 0.15) is 0 Å². The van der Waals surface area contributed by atoms with E-state index >= 15 is 0 Å². The second-order valence-electron chi connectivity index (χ2n) is 9.47. The number of carbonyl (C=O) groups excluding carboxylic acids is 3. The van der Waals surface area contributed by atoms with Gasteiger partial charge in [-0.25, -0.2) is 4.79 Å². The zero-order valence-electron chi connectivity index (χ0n) is 19.5. The van der Waals surface area contributed by atoms with E-state index < -0.39 is 11.6 Å². The van der Waals surface area contributed by atoms with Crippen LogP contribution in [0.4, 0.5) is 4.79 Å². The van der Waals surface area contributed by atoms with Crippen LogP contribution in [0.3, 0.4) is 0 Å². The minimum Gasteiger partial charge on any atom is -0.376 e. The molecule has 3 aliphatic rings. The number of piperidine rings is 1. The Morgan fingerprint density at radius 2 is 1.97 bits per heavy atom.